The minimum atomic E-state index is 0.608. The molecule has 0 aromatic carbocycles. The molecular formula is C14H14N4OS3. The number of thiophene rings is 1. The largest absolute Gasteiger partial charge is 0.440 e. The minimum absolute atomic E-state index is 0.608. The van der Waals surface area contributed by atoms with E-state index in [1.54, 1.807) is 34.4 Å². The molecule has 8 heteroatoms. The first-order chi connectivity index (χ1) is 10.8. The van der Waals surface area contributed by atoms with E-state index in [9.17, 15) is 0 Å². The highest BCUT2D eigenvalue weighted by atomic mass is 32.2. The number of nitrogens with zero attached hydrogens (tertiary/aromatic N) is 3. The van der Waals surface area contributed by atoms with Crippen LogP contribution in [0.1, 0.15) is 24.3 Å². The van der Waals surface area contributed by atoms with Crippen molar-refractivity contribution in [2.24, 2.45) is 0 Å². The fourth-order valence-corrected chi connectivity index (χ4v) is 4.41. The summed E-state index contributed by atoms with van der Waals surface area (Å²) in [6.45, 7) is 1.96. The number of aromatic nitrogens is 3. The van der Waals surface area contributed by atoms with Crippen molar-refractivity contribution in [3.05, 3.63) is 29.0 Å². The van der Waals surface area contributed by atoms with Crippen LogP contribution in [0.3, 0.4) is 0 Å². The van der Waals surface area contributed by atoms with Gasteiger partial charge in [0, 0.05) is 11.8 Å². The van der Waals surface area contributed by atoms with Crippen LogP contribution in [0.4, 0.5) is 5.13 Å². The third-order valence-corrected chi connectivity index (χ3v) is 6.13. The maximum Gasteiger partial charge on any atom is 0.236 e. The Morgan fingerprint density at radius 3 is 3.09 bits per heavy atom. The molecule has 3 aromatic heterocycles. The summed E-state index contributed by atoms with van der Waals surface area (Å²) in [7, 11) is 0. The van der Waals surface area contributed by atoms with E-state index in [4.69, 9.17) is 4.42 Å². The normalized spacial score (nSPS) is 14.4. The van der Waals surface area contributed by atoms with Crippen LogP contribution in [0.15, 0.2) is 26.3 Å². The van der Waals surface area contributed by atoms with Crippen LogP contribution in [-0.4, -0.2) is 21.2 Å². The zero-order chi connectivity index (χ0) is 14.9. The highest BCUT2D eigenvalue weighted by molar-refractivity contribution is 8.00. The van der Waals surface area contributed by atoms with E-state index in [0.29, 0.717) is 11.9 Å². The van der Waals surface area contributed by atoms with Crippen molar-refractivity contribution in [1.82, 2.24) is 15.2 Å². The van der Waals surface area contributed by atoms with Crippen LogP contribution >= 0.6 is 34.4 Å². The summed E-state index contributed by atoms with van der Waals surface area (Å²) in [5, 5.41) is 14.7. The van der Waals surface area contributed by atoms with E-state index in [1.165, 1.54) is 12.8 Å². The lowest BCUT2D eigenvalue weighted by atomic mass is 10.4. The Bertz CT molecular complexity index is 761. The number of thioether (sulfide) groups is 1. The average Bonchev–Trinajstić information content (AvgIpc) is 2.95. The first kappa shape index (κ1) is 14.2. The molecule has 0 amide bonds. The Balaban J connectivity index is 1.41. The molecule has 114 valence electrons. The van der Waals surface area contributed by atoms with E-state index < -0.39 is 0 Å². The average molecular weight is 350 g/mol. The molecule has 1 fully saturated rings. The van der Waals surface area contributed by atoms with Crippen molar-refractivity contribution < 1.29 is 4.42 Å². The van der Waals surface area contributed by atoms with Crippen LogP contribution in [0.25, 0.3) is 10.8 Å². The molecule has 0 saturated heterocycles. The monoisotopic (exact) mass is 350 g/mol. The third-order valence-electron chi connectivity index (χ3n) is 3.27. The second-order valence-electron chi connectivity index (χ2n) is 5.08. The SMILES string of the molecule is Cc1oc(-c2cccs2)nc1CSc1nnc(NC2CC2)s1. The molecule has 1 aliphatic carbocycles. The third kappa shape index (κ3) is 3.18. The molecular weight excluding hydrogens is 336 g/mol. The van der Waals surface area contributed by atoms with Gasteiger partial charge in [-0.1, -0.05) is 29.2 Å². The maximum atomic E-state index is 5.75. The van der Waals surface area contributed by atoms with Gasteiger partial charge in [0.25, 0.3) is 0 Å². The first-order valence-corrected chi connectivity index (χ1v) is 9.69. The zero-order valence-electron chi connectivity index (χ0n) is 11.9. The van der Waals surface area contributed by atoms with Crippen LogP contribution in [0, 0.1) is 6.92 Å². The fraction of sp³-hybridized carbons (Fsp3) is 0.357. The number of oxazole rings is 1. The van der Waals surface area contributed by atoms with Crippen molar-refractivity contribution in [1.29, 1.82) is 0 Å². The molecule has 0 aliphatic heterocycles. The van der Waals surface area contributed by atoms with Gasteiger partial charge in [-0.2, -0.15) is 0 Å². The number of hydrogen-bond donors (Lipinski definition) is 1. The second kappa shape index (κ2) is 6.02. The predicted octanol–water partition coefficient (Wildman–Crippen LogP) is 4.43. The summed E-state index contributed by atoms with van der Waals surface area (Å²) in [6, 6.07) is 4.63. The van der Waals surface area contributed by atoms with Crippen LogP contribution in [-0.2, 0) is 5.75 Å². The lowest BCUT2D eigenvalue weighted by Gasteiger charge is -1.95. The molecule has 0 spiro atoms. The van der Waals surface area contributed by atoms with Crippen molar-refractivity contribution in [3.63, 3.8) is 0 Å². The second-order valence-corrected chi connectivity index (χ2v) is 8.23. The maximum absolute atomic E-state index is 5.75. The topological polar surface area (TPSA) is 63.8 Å². The molecule has 0 atom stereocenters. The van der Waals surface area contributed by atoms with Gasteiger partial charge >= 0.3 is 0 Å². The quantitative estimate of drug-likeness (QED) is 0.664. The Morgan fingerprint density at radius 2 is 2.32 bits per heavy atom. The van der Waals surface area contributed by atoms with Gasteiger partial charge in [-0.15, -0.1) is 21.5 Å². The van der Waals surface area contributed by atoms with Gasteiger partial charge in [0.05, 0.1) is 10.6 Å². The highest BCUT2D eigenvalue weighted by Crippen LogP contribution is 2.33. The molecule has 1 N–H and O–H groups in total. The minimum Gasteiger partial charge on any atom is -0.440 e. The number of rotatable bonds is 6. The van der Waals surface area contributed by atoms with Crippen LogP contribution in [0.2, 0.25) is 0 Å². The Kier molecular flexibility index (Phi) is 3.89. The standard InChI is InChI=1S/C14H14N4OS3/c1-8-10(16-12(19-8)11-3-2-6-20-11)7-21-14-18-17-13(22-14)15-9-4-5-9/h2-3,6,9H,4-5,7H2,1H3,(H,15,17). The molecule has 22 heavy (non-hydrogen) atoms. The van der Waals surface area contributed by atoms with Gasteiger partial charge < -0.3 is 9.73 Å². The van der Waals surface area contributed by atoms with E-state index in [2.05, 4.69) is 20.5 Å². The van der Waals surface area contributed by atoms with Gasteiger partial charge in [0.2, 0.25) is 11.0 Å². The molecule has 0 unspecified atom stereocenters. The summed E-state index contributed by atoms with van der Waals surface area (Å²) in [6.07, 6.45) is 2.48. The molecule has 1 aliphatic rings. The zero-order valence-corrected chi connectivity index (χ0v) is 14.4. The molecule has 4 rings (SSSR count). The molecule has 0 bridgehead atoms. The van der Waals surface area contributed by atoms with Crippen LogP contribution in [0.5, 0.6) is 0 Å². The first-order valence-electron chi connectivity index (χ1n) is 7.01. The lowest BCUT2D eigenvalue weighted by molar-refractivity contribution is 0.542. The van der Waals surface area contributed by atoms with Crippen LogP contribution < -0.4 is 5.32 Å². The van der Waals surface area contributed by atoms with Gasteiger partial charge in [0.1, 0.15) is 5.76 Å². The molecule has 3 heterocycles. The Labute approximate surface area is 140 Å². The molecule has 0 radical (unpaired) electrons. The summed E-state index contributed by atoms with van der Waals surface area (Å²) in [4.78, 5) is 5.66. The fourth-order valence-electron chi connectivity index (χ4n) is 1.93. The number of anilines is 1. The summed E-state index contributed by atoms with van der Waals surface area (Å²) in [5.74, 6) is 2.33. The van der Waals surface area contributed by atoms with Crippen molar-refractivity contribution in [2.45, 2.75) is 35.9 Å². The highest BCUT2D eigenvalue weighted by Gasteiger charge is 2.22. The predicted molar refractivity (Wildman–Crippen MR) is 90.7 cm³/mol. The van der Waals surface area contributed by atoms with E-state index in [1.807, 2.05) is 24.4 Å². The van der Waals surface area contributed by atoms with E-state index in [0.717, 1.165) is 31.6 Å². The smallest absolute Gasteiger partial charge is 0.236 e. The van der Waals surface area contributed by atoms with Crippen molar-refractivity contribution >= 4 is 39.6 Å². The lowest BCUT2D eigenvalue weighted by Crippen LogP contribution is -1.99. The van der Waals surface area contributed by atoms with E-state index in [-0.39, 0.29) is 0 Å². The van der Waals surface area contributed by atoms with Gasteiger partial charge in [-0.25, -0.2) is 4.98 Å². The van der Waals surface area contributed by atoms with Gasteiger partial charge in [0.15, 0.2) is 4.34 Å². The van der Waals surface area contributed by atoms with Gasteiger partial charge in [-0.05, 0) is 31.2 Å². The van der Waals surface area contributed by atoms with Crippen molar-refractivity contribution in [2.75, 3.05) is 5.32 Å². The molecule has 3 aromatic rings. The molecule has 5 nitrogen and oxygen atoms in total. The molecule has 1 saturated carbocycles. The Hall–Kier alpha value is -1.38. The summed E-state index contributed by atoms with van der Waals surface area (Å²) >= 11 is 4.89. The Morgan fingerprint density at radius 1 is 1.41 bits per heavy atom. The summed E-state index contributed by atoms with van der Waals surface area (Å²) in [5.41, 5.74) is 0.973. The van der Waals surface area contributed by atoms with Crippen molar-refractivity contribution in [3.8, 4) is 10.8 Å². The number of nitrogens with one attached hydrogen (secondary N) is 1. The van der Waals surface area contributed by atoms with E-state index >= 15 is 0 Å². The number of hydrogen-bond acceptors (Lipinski definition) is 8. The number of aryl methyl sites for hydroxylation is 1. The summed E-state index contributed by atoms with van der Waals surface area (Å²) < 4.78 is 6.72. The van der Waals surface area contributed by atoms with Gasteiger partial charge in [-0.3, -0.25) is 0 Å².